The van der Waals surface area contributed by atoms with Gasteiger partial charge in [-0.15, -0.1) is 0 Å². The van der Waals surface area contributed by atoms with Gasteiger partial charge in [-0.25, -0.2) is 0 Å². The Morgan fingerprint density at radius 2 is 2.00 bits per heavy atom. The molecule has 0 fully saturated rings. The van der Waals surface area contributed by atoms with Crippen LogP contribution in [0.4, 0.5) is 0 Å². The average molecular weight is 199 g/mol. The highest BCUT2D eigenvalue weighted by Gasteiger charge is 2.17. The Balaban J connectivity index is 2.56. The van der Waals surface area contributed by atoms with Crippen LogP contribution in [-0.4, -0.2) is 4.98 Å². The maximum Gasteiger partial charge on any atom is 0.0704 e. The number of hydrogen-bond donors (Lipinski definition) is 0. The number of hydrogen-bond acceptors (Lipinski definition) is 1. The summed E-state index contributed by atoms with van der Waals surface area (Å²) in [4.78, 5) is 4.39. The second-order valence-corrected chi connectivity index (χ2v) is 4.65. The topological polar surface area (TPSA) is 12.9 Å². The van der Waals surface area contributed by atoms with Crippen LogP contribution in [0, 0.1) is 0 Å². The Morgan fingerprint density at radius 3 is 2.73 bits per heavy atom. The van der Waals surface area contributed by atoms with E-state index in [0.717, 1.165) is 11.9 Å². The van der Waals surface area contributed by atoms with Crippen molar-refractivity contribution in [1.29, 1.82) is 0 Å². The summed E-state index contributed by atoms with van der Waals surface area (Å²) in [5.41, 5.74) is 2.71. The summed E-state index contributed by atoms with van der Waals surface area (Å²) in [7, 11) is 0. The molecule has 78 valence electrons. The molecule has 0 saturated heterocycles. The zero-order valence-electron chi connectivity index (χ0n) is 9.62. The lowest BCUT2D eigenvalue weighted by Gasteiger charge is -2.23. The van der Waals surface area contributed by atoms with E-state index in [-0.39, 0.29) is 5.41 Å². The molecule has 0 amide bonds. The molecule has 0 atom stereocenters. The van der Waals surface area contributed by atoms with Gasteiger partial charge in [-0.3, -0.25) is 4.98 Å². The Hall–Kier alpha value is -1.37. The van der Waals surface area contributed by atoms with E-state index in [1.807, 2.05) is 12.3 Å². The maximum absolute atomic E-state index is 4.39. The molecule has 0 aliphatic rings. The van der Waals surface area contributed by atoms with Gasteiger partial charge >= 0.3 is 0 Å². The van der Waals surface area contributed by atoms with Crippen LogP contribution < -0.4 is 0 Å². The number of aromatic nitrogens is 1. The van der Waals surface area contributed by atoms with Gasteiger partial charge in [0.1, 0.15) is 0 Å². The van der Waals surface area contributed by atoms with Gasteiger partial charge in [0.2, 0.25) is 0 Å². The molecule has 2 rings (SSSR count). The van der Waals surface area contributed by atoms with E-state index in [4.69, 9.17) is 0 Å². The molecular formula is C14H17N. The van der Waals surface area contributed by atoms with Crippen molar-refractivity contribution >= 4 is 10.9 Å². The Morgan fingerprint density at radius 1 is 1.20 bits per heavy atom. The smallest absolute Gasteiger partial charge is 0.0704 e. The summed E-state index contributed by atoms with van der Waals surface area (Å²) >= 11 is 0. The molecule has 0 bridgehead atoms. The van der Waals surface area contributed by atoms with E-state index in [0.29, 0.717) is 0 Å². The summed E-state index contributed by atoms with van der Waals surface area (Å²) in [5.74, 6) is 0. The first-order valence-electron chi connectivity index (χ1n) is 5.49. The van der Waals surface area contributed by atoms with Gasteiger partial charge in [-0.2, -0.15) is 0 Å². The Kier molecular flexibility index (Phi) is 2.47. The van der Waals surface area contributed by atoms with Gasteiger partial charge in [0.05, 0.1) is 5.52 Å². The predicted octanol–water partition coefficient (Wildman–Crippen LogP) is 3.92. The molecule has 0 N–H and O–H groups in total. The van der Waals surface area contributed by atoms with Crippen molar-refractivity contribution in [3.05, 3.63) is 42.1 Å². The van der Waals surface area contributed by atoms with Crippen molar-refractivity contribution in [3.8, 4) is 0 Å². The van der Waals surface area contributed by atoms with Gasteiger partial charge < -0.3 is 0 Å². The molecule has 1 aromatic heterocycles. The van der Waals surface area contributed by atoms with Crippen molar-refractivity contribution in [3.63, 3.8) is 0 Å². The fourth-order valence-corrected chi connectivity index (χ4v) is 1.69. The van der Waals surface area contributed by atoms with Crippen LogP contribution in [0.5, 0.6) is 0 Å². The second kappa shape index (κ2) is 3.65. The van der Waals surface area contributed by atoms with Crippen molar-refractivity contribution in [1.82, 2.24) is 4.98 Å². The third-order valence-corrected chi connectivity index (χ3v) is 3.27. The van der Waals surface area contributed by atoms with Gasteiger partial charge in [-0.1, -0.05) is 39.0 Å². The third-order valence-electron chi connectivity index (χ3n) is 3.27. The number of rotatable bonds is 2. The van der Waals surface area contributed by atoms with Gasteiger partial charge in [0.25, 0.3) is 0 Å². The lowest BCUT2D eigenvalue weighted by Crippen LogP contribution is -2.15. The van der Waals surface area contributed by atoms with E-state index in [1.54, 1.807) is 0 Å². The van der Waals surface area contributed by atoms with E-state index in [1.165, 1.54) is 10.9 Å². The monoisotopic (exact) mass is 199 g/mol. The van der Waals surface area contributed by atoms with Crippen LogP contribution in [0.15, 0.2) is 36.5 Å². The molecule has 0 saturated carbocycles. The molecular weight excluding hydrogens is 182 g/mol. The molecule has 0 unspecified atom stereocenters. The van der Waals surface area contributed by atoms with E-state index >= 15 is 0 Å². The fraction of sp³-hybridized carbons (Fsp3) is 0.357. The molecule has 0 aliphatic heterocycles. The summed E-state index contributed by atoms with van der Waals surface area (Å²) < 4.78 is 0. The predicted molar refractivity (Wildman–Crippen MR) is 65.1 cm³/mol. The minimum absolute atomic E-state index is 0.242. The van der Waals surface area contributed by atoms with E-state index in [2.05, 4.69) is 50.0 Å². The molecule has 1 heterocycles. The molecule has 0 spiro atoms. The van der Waals surface area contributed by atoms with Crippen LogP contribution in [0.2, 0.25) is 0 Å². The highest BCUT2D eigenvalue weighted by atomic mass is 14.6. The average Bonchev–Trinajstić information content (AvgIpc) is 2.28. The van der Waals surface area contributed by atoms with Crippen molar-refractivity contribution in [2.45, 2.75) is 32.6 Å². The van der Waals surface area contributed by atoms with Crippen LogP contribution >= 0.6 is 0 Å². The molecule has 0 aliphatic carbocycles. The van der Waals surface area contributed by atoms with E-state index < -0.39 is 0 Å². The number of fused-ring (bicyclic) bond motifs is 1. The van der Waals surface area contributed by atoms with Gasteiger partial charge in [0, 0.05) is 11.6 Å². The summed E-state index contributed by atoms with van der Waals surface area (Å²) in [5, 5.41) is 1.22. The number of pyridine rings is 1. The lowest BCUT2D eigenvalue weighted by atomic mass is 9.82. The molecule has 0 radical (unpaired) electrons. The highest BCUT2D eigenvalue weighted by molar-refractivity contribution is 5.79. The zero-order chi connectivity index (χ0) is 10.9. The van der Waals surface area contributed by atoms with Crippen molar-refractivity contribution < 1.29 is 0 Å². The van der Waals surface area contributed by atoms with Gasteiger partial charge in [-0.05, 0) is 29.5 Å². The quantitative estimate of drug-likeness (QED) is 0.714. The highest BCUT2D eigenvalue weighted by Crippen LogP contribution is 2.28. The first-order valence-corrected chi connectivity index (χ1v) is 5.49. The fourth-order valence-electron chi connectivity index (χ4n) is 1.69. The lowest BCUT2D eigenvalue weighted by molar-refractivity contribution is 0.507. The molecule has 1 nitrogen and oxygen atoms in total. The summed E-state index contributed by atoms with van der Waals surface area (Å²) in [6.07, 6.45) is 3.00. The van der Waals surface area contributed by atoms with Crippen LogP contribution in [0.1, 0.15) is 32.8 Å². The van der Waals surface area contributed by atoms with Crippen LogP contribution in [0.25, 0.3) is 10.9 Å². The van der Waals surface area contributed by atoms with E-state index in [9.17, 15) is 0 Å². The minimum Gasteiger partial charge on any atom is -0.256 e. The van der Waals surface area contributed by atoms with Crippen molar-refractivity contribution in [2.75, 3.05) is 0 Å². The number of benzene rings is 1. The largest absolute Gasteiger partial charge is 0.256 e. The van der Waals surface area contributed by atoms with Crippen LogP contribution in [-0.2, 0) is 5.41 Å². The maximum atomic E-state index is 4.39. The first kappa shape index (κ1) is 10.2. The standard InChI is InChI=1S/C14H17N/c1-4-14(2,3)12-8-7-11-6-5-9-15-13(11)10-12/h5-10H,4H2,1-3H3. The van der Waals surface area contributed by atoms with Crippen LogP contribution in [0.3, 0.4) is 0 Å². The van der Waals surface area contributed by atoms with Crippen molar-refractivity contribution in [2.24, 2.45) is 0 Å². The number of nitrogens with zero attached hydrogens (tertiary/aromatic N) is 1. The second-order valence-electron chi connectivity index (χ2n) is 4.65. The zero-order valence-corrected chi connectivity index (χ0v) is 9.62. The minimum atomic E-state index is 0.242. The molecule has 15 heavy (non-hydrogen) atoms. The summed E-state index contributed by atoms with van der Waals surface area (Å²) in [6.45, 7) is 6.77. The van der Waals surface area contributed by atoms with Gasteiger partial charge in [0.15, 0.2) is 0 Å². The Bertz CT molecular complexity index is 471. The third kappa shape index (κ3) is 1.87. The Labute approximate surface area is 91.2 Å². The first-order chi connectivity index (χ1) is 7.13. The molecule has 1 aromatic carbocycles. The normalized spacial score (nSPS) is 11.9. The molecule has 2 aromatic rings. The summed E-state index contributed by atoms with van der Waals surface area (Å²) in [6, 6.07) is 10.7. The molecule has 1 heteroatoms. The SMILES string of the molecule is CCC(C)(C)c1ccc2cccnc2c1.